The van der Waals surface area contributed by atoms with Crippen LogP contribution in [-0.4, -0.2) is 48.6 Å². The topological polar surface area (TPSA) is 85.3 Å². The van der Waals surface area contributed by atoms with Crippen LogP contribution in [0, 0.1) is 0 Å². The average molecular weight is 478 g/mol. The van der Waals surface area contributed by atoms with Crippen LogP contribution in [0.2, 0.25) is 10.0 Å². The predicted octanol–water partition coefficient (Wildman–Crippen LogP) is 4.60. The monoisotopic (exact) mass is 477 g/mol. The number of methoxy groups -OCH3 is 1. The number of aliphatic hydroxyl groups excluding tert-OH is 1. The number of amides is 1. The van der Waals surface area contributed by atoms with Crippen molar-refractivity contribution < 1.29 is 28.9 Å². The van der Waals surface area contributed by atoms with Crippen molar-refractivity contribution in [3.63, 3.8) is 0 Å². The Morgan fingerprint density at radius 2 is 1.78 bits per heavy atom. The minimum absolute atomic E-state index is 0.0440. The second-order valence-electron chi connectivity index (χ2n) is 7.37. The molecule has 2 aromatic rings. The maximum absolute atomic E-state index is 13.0. The molecule has 4 rings (SSSR count). The van der Waals surface area contributed by atoms with Crippen LogP contribution in [0.3, 0.4) is 0 Å². The highest BCUT2D eigenvalue weighted by Crippen LogP contribution is 2.44. The predicted molar refractivity (Wildman–Crippen MR) is 120 cm³/mol. The number of benzene rings is 2. The number of likely N-dealkylation sites (tertiary alicyclic amines) is 1. The summed E-state index contributed by atoms with van der Waals surface area (Å²) in [7, 11) is 1.42. The van der Waals surface area contributed by atoms with Crippen molar-refractivity contribution in [1.82, 2.24) is 4.90 Å². The third-order valence-electron chi connectivity index (χ3n) is 5.36. The molecule has 7 nitrogen and oxygen atoms in total. The number of carbonyl (C=O) groups excluding carboxylic acids is 2. The number of ether oxygens (including phenoxy) is 3. The number of Topliss-reactive ketones (excluding diaryl/α,β-unsaturated/α-hetero) is 1. The van der Waals surface area contributed by atoms with E-state index in [2.05, 4.69) is 0 Å². The van der Waals surface area contributed by atoms with Crippen LogP contribution in [0.5, 0.6) is 17.2 Å². The first-order chi connectivity index (χ1) is 15.4. The zero-order chi connectivity index (χ0) is 23.0. The molecule has 2 aromatic carbocycles. The van der Waals surface area contributed by atoms with Gasteiger partial charge in [-0.25, -0.2) is 0 Å². The summed E-state index contributed by atoms with van der Waals surface area (Å²) in [5.41, 5.74) is 0.782. The van der Waals surface area contributed by atoms with Gasteiger partial charge in [-0.2, -0.15) is 0 Å². The highest BCUT2D eigenvalue weighted by atomic mass is 35.5. The van der Waals surface area contributed by atoms with E-state index in [1.54, 1.807) is 18.2 Å². The Morgan fingerprint density at radius 1 is 1.12 bits per heavy atom. The molecule has 0 radical (unpaired) electrons. The van der Waals surface area contributed by atoms with E-state index < -0.39 is 17.7 Å². The lowest BCUT2D eigenvalue weighted by molar-refractivity contribution is -0.139. The third kappa shape index (κ3) is 3.76. The molecule has 1 unspecified atom stereocenters. The Labute approximate surface area is 195 Å². The van der Waals surface area contributed by atoms with Gasteiger partial charge in [-0.3, -0.25) is 9.59 Å². The molecule has 0 bridgehead atoms. The van der Waals surface area contributed by atoms with E-state index >= 15 is 0 Å². The van der Waals surface area contributed by atoms with Crippen LogP contribution in [0.1, 0.15) is 30.5 Å². The number of halogens is 2. The van der Waals surface area contributed by atoms with Crippen molar-refractivity contribution in [1.29, 1.82) is 0 Å². The van der Waals surface area contributed by atoms with Gasteiger partial charge >= 0.3 is 0 Å². The largest absolute Gasteiger partial charge is 0.507 e. The molecule has 1 atom stereocenters. The van der Waals surface area contributed by atoms with Crippen molar-refractivity contribution in [3.8, 4) is 17.2 Å². The van der Waals surface area contributed by atoms with E-state index in [1.807, 2.05) is 6.92 Å². The molecule has 1 saturated heterocycles. The van der Waals surface area contributed by atoms with Crippen LogP contribution in [0.15, 0.2) is 35.9 Å². The van der Waals surface area contributed by atoms with Gasteiger partial charge in [0.25, 0.3) is 11.7 Å². The van der Waals surface area contributed by atoms with Gasteiger partial charge in [-0.1, -0.05) is 36.2 Å². The highest BCUT2D eigenvalue weighted by Gasteiger charge is 2.46. The fraction of sp³-hybridized carbons (Fsp3) is 0.304. The van der Waals surface area contributed by atoms with E-state index in [9.17, 15) is 14.7 Å². The molecule has 0 spiro atoms. The van der Waals surface area contributed by atoms with Crippen LogP contribution in [0.4, 0.5) is 0 Å². The highest BCUT2D eigenvalue weighted by molar-refractivity contribution is 6.46. The van der Waals surface area contributed by atoms with E-state index in [0.717, 1.165) is 0 Å². The molecule has 1 N–H and O–H groups in total. The number of hydrogen-bond donors (Lipinski definition) is 1. The molecule has 168 valence electrons. The van der Waals surface area contributed by atoms with E-state index in [4.69, 9.17) is 37.4 Å². The quantitative estimate of drug-likeness (QED) is 0.384. The molecular weight excluding hydrogens is 457 g/mol. The summed E-state index contributed by atoms with van der Waals surface area (Å²) in [6, 6.07) is 7.30. The number of rotatable bonds is 5. The standard InChI is InChI=1S/C23H21Cl2NO6/c1-3-6-26-19(12-4-5-16-17(11-12)32-8-7-31-16)18(21(28)23(26)29)20(27)13-9-14(24)22(30-2)15(25)10-13/h4-5,9-11,19,27H,3,6-8H2,1-2H3/b20-18+. The third-order valence-corrected chi connectivity index (χ3v) is 5.92. The van der Waals surface area contributed by atoms with Crippen LogP contribution in [0.25, 0.3) is 5.76 Å². The molecule has 1 amide bonds. The van der Waals surface area contributed by atoms with Crippen LogP contribution < -0.4 is 14.2 Å². The molecule has 0 aromatic heterocycles. The molecule has 1 fully saturated rings. The average Bonchev–Trinajstić information content (AvgIpc) is 3.03. The number of aliphatic hydroxyl groups is 1. The molecular formula is C23H21Cl2NO6. The van der Waals surface area contributed by atoms with Gasteiger partial charge in [-0.05, 0) is 36.2 Å². The Hall–Kier alpha value is -2.90. The van der Waals surface area contributed by atoms with Crippen molar-refractivity contribution in [3.05, 3.63) is 57.1 Å². The molecule has 32 heavy (non-hydrogen) atoms. The normalized spacial score (nSPS) is 19.4. The van der Waals surface area contributed by atoms with Gasteiger partial charge in [0, 0.05) is 12.1 Å². The Morgan fingerprint density at radius 3 is 2.41 bits per heavy atom. The number of ketones is 1. The number of fused-ring (bicyclic) bond motifs is 1. The van der Waals surface area contributed by atoms with Crippen molar-refractivity contribution >= 4 is 40.7 Å². The lowest BCUT2D eigenvalue weighted by Crippen LogP contribution is -2.30. The fourth-order valence-electron chi connectivity index (χ4n) is 3.98. The van der Waals surface area contributed by atoms with Crippen molar-refractivity contribution in [2.24, 2.45) is 0 Å². The maximum atomic E-state index is 13.0. The van der Waals surface area contributed by atoms with Gasteiger partial charge in [0.05, 0.1) is 28.8 Å². The summed E-state index contributed by atoms with van der Waals surface area (Å²) in [6.45, 7) is 3.09. The SMILES string of the molecule is CCCN1C(=O)C(=O)/C(=C(/O)c2cc(Cl)c(OC)c(Cl)c2)C1c1ccc2c(c1)OCCO2. The van der Waals surface area contributed by atoms with Crippen molar-refractivity contribution in [2.75, 3.05) is 26.9 Å². The van der Waals surface area contributed by atoms with E-state index in [-0.39, 0.29) is 32.7 Å². The molecule has 0 saturated carbocycles. The van der Waals surface area contributed by atoms with Gasteiger partial charge < -0.3 is 24.2 Å². The minimum atomic E-state index is -0.801. The molecule has 2 aliphatic rings. The van der Waals surface area contributed by atoms with Gasteiger partial charge in [0.1, 0.15) is 19.0 Å². The second-order valence-corrected chi connectivity index (χ2v) is 8.18. The lowest BCUT2D eigenvalue weighted by Gasteiger charge is -2.26. The zero-order valence-electron chi connectivity index (χ0n) is 17.5. The summed E-state index contributed by atoms with van der Waals surface area (Å²) >= 11 is 12.5. The molecule has 0 aliphatic carbocycles. The maximum Gasteiger partial charge on any atom is 0.295 e. The van der Waals surface area contributed by atoms with Gasteiger partial charge in [-0.15, -0.1) is 0 Å². The fourth-order valence-corrected chi connectivity index (χ4v) is 4.62. The molecule has 2 aliphatic heterocycles. The number of carbonyl (C=O) groups is 2. The van der Waals surface area contributed by atoms with E-state index in [0.29, 0.717) is 43.2 Å². The van der Waals surface area contributed by atoms with E-state index in [1.165, 1.54) is 24.1 Å². The smallest absolute Gasteiger partial charge is 0.295 e. The van der Waals surface area contributed by atoms with Crippen LogP contribution >= 0.6 is 23.2 Å². The summed E-state index contributed by atoms with van der Waals surface area (Å²) in [5, 5.41) is 11.5. The first-order valence-corrected chi connectivity index (χ1v) is 10.8. The lowest BCUT2D eigenvalue weighted by atomic mass is 9.94. The Balaban J connectivity index is 1.88. The van der Waals surface area contributed by atoms with Gasteiger partial charge in [0.15, 0.2) is 17.2 Å². The number of nitrogens with zero attached hydrogens (tertiary/aromatic N) is 1. The zero-order valence-corrected chi connectivity index (χ0v) is 19.0. The molecule has 2 heterocycles. The summed E-state index contributed by atoms with van der Waals surface area (Å²) in [6.07, 6.45) is 0.633. The van der Waals surface area contributed by atoms with Crippen molar-refractivity contribution in [2.45, 2.75) is 19.4 Å². The second kappa shape index (κ2) is 8.92. The summed E-state index contributed by atoms with van der Waals surface area (Å²) in [4.78, 5) is 27.3. The number of hydrogen-bond acceptors (Lipinski definition) is 6. The Bertz CT molecular complexity index is 1110. The molecule has 9 heteroatoms. The Kier molecular flexibility index (Phi) is 6.22. The first kappa shape index (κ1) is 22.3. The van der Waals surface area contributed by atoms with Crippen LogP contribution in [-0.2, 0) is 9.59 Å². The summed E-state index contributed by atoms with van der Waals surface area (Å²) in [5.74, 6) is -0.474. The first-order valence-electron chi connectivity index (χ1n) is 10.1. The summed E-state index contributed by atoms with van der Waals surface area (Å²) < 4.78 is 16.4. The minimum Gasteiger partial charge on any atom is -0.507 e. The van der Waals surface area contributed by atoms with Gasteiger partial charge in [0.2, 0.25) is 0 Å².